The lowest BCUT2D eigenvalue weighted by molar-refractivity contribution is -0.384. The topological polar surface area (TPSA) is 106 Å². The Hall–Kier alpha value is -3.75. The average molecular weight is 425 g/mol. The molecule has 1 N–H and O–H groups in total. The molecule has 1 atom stereocenters. The maximum absolute atomic E-state index is 15.0. The number of anilines is 1. The van der Waals surface area contributed by atoms with Gasteiger partial charge in [0.15, 0.2) is 0 Å². The van der Waals surface area contributed by atoms with E-state index >= 15 is 4.39 Å². The molecule has 1 unspecified atom stereocenters. The number of aromatic nitrogens is 1. The molecule has 3 aromatic rings. The van der Waals surface area contributed by atoms with Crippen molar-refractivity contribution in [3.63, 3.8) is 0 Å². The standard InChI is InChI=1S/C22H20FN3O5/c1-13-3-2-8-24(11-13)20-10-19-16(9-18(20)23)21(27)17(22(28)29)12-25(19)14-4-6-15(7-5-14)26(30)31/h4-7,9-10,12-13H,2-3,8,11H2,1H3,(H,28,29). The Kier molecular flexibility index (Phi) is 5.18. The van der Waals surface area contributed by atoms with Crippen molar-refractivity contribution in [3.05, 3.63) is 74.3 Å². The first-order valence-electron chi connectivity index (χ1n) is 9.88. The third kappa shape index (κ3) is 3.74. The number of benzene rings is 2. The molecule has 0 amide bonds. The van der Waals surface area contributed by atoms with Gasteiger partial charge in [-0.25, -0.2) is 9.18 Å². The summed E-state index contributed by atoms with van der Waals surface area (Å²) in [4.78, 5) is 36.7. The van der Waals surface area contributed by atoms with Gasteiger partial charge in [0.1, 0.15) is 11.4 Å². The number of piperidine rings is 1. The predicted molar refractivity (Wildman–Crippen MR) is 114 cm³/mol. The van der Waals surface area contributed by atoms with Crippen molar-refractivity contribution in [2.75, 3.05) is 18.0 Å². The van der Waals surface area contributed by atoms with Crippen molar-refractivity contribution in [2.24, 2.45) is 5.92 Å². The number of non-ortho nitro benzene ring substituents is 1. The molecule has 0 bridgehead atoms. The lowest BCUT2D eigenvalue weighted by atomic mass is 9.99. The highest BCUT2D eigenvalue weighted by Gasteiger charge is 2.23. The molecule has 1 fully saturated rings. The minimum atomic E-state index is -1.43. The molecule has 1 aliphatic rings. The number of halogens is 1. The van der Waals surface area contributed by atoms with Crippen LogP contribution in [0.1, 0.15) is 30.1 Å². The van der Waals surface area contributed by atoms with Crippen molar-refractivity contribution < 1.29 is 19.2 Å². The SMILES string of the molecule is CC1CCCN(c2cc3c(cc2F)c(=O)c(C(=O)O)cn3-c2ccc([N+](=O)[O-])cc2)C1. The van der Waals surface area contributed by atoms with Gasteiger partial charge in [-0.15, -0.1) is 0 Å². The number of carbonyl (C=O) groups is 1. The van der Waals surface area contributed by atoms with Gasteiger partial charge in [-0.1, -0.05) is 6.92 Å². The largest absolute Gasteiger partial charge is 0.477 e. The average Bonchev–Trinajstić information content (AvgIpc) is 2.74. The summed E-state index contributed by atoms with van der Waals surface area (Å²) in [6.07, 6.45) is 3.15. The van der Waals surface area contributed by atoms with Gasteiger partial charge in [-0.3, -0.25) is 14.9 Å². The Labute approximate surface area is 176 Å². The smallest absolute Gasteiger partial charge is 0.341 e. The van der Waals surface area contributed by atoms with Crippen LogP contribution in [0.5, 0.6) is 0 Å². The molecule has 0 saturated carbocycles. The van der Waals surface area contributed by atoms with E-state index < -0.39 is 27.7 Å². The van der Waals surface area contributed by atoms with Crippen LogP contribution in [-0.4, -0.2) is 33.7 Å². The third-order valence-corrected chi connectivity index (χ3v) is 5.64. The zero-order valence-electron chi connectivity index (χ0n) is 16.7. The van der Waals surface area contributed by atoms with E-state index in [-0.39, 0.29) is 11.1 Å². The molecular formula is C22H20FN3O5. The predicted octanol–water partition coefficient (Wildman–Crippen LogP) is 3.97. The van der Waals surface area contributed by atoms with Crippen LogP contribution < -0.4 is 10.3 Å². The summed E-state index contributed by atoms with van der Waals surface area (Å²) in [7, 11) is 0. The summed E-state index contributed by atoms with van der Waals surface area (Å²) < 4.78 is 16.5. The lowest BCUT2D eigenvalue weighted by Crippen LogP contribution is -2.35. The molecule has 1 aliphatic heterocycles. The first kappa shape index (κ1) is 20.5. The number of nitro benzene ring substituents is 1. The van der Waals surface area contributed by atoms with E-state index in [4.69, 9.17) is 0 Å². The molecule has 4 rings (SSSR count). The molecule has 8 nitrogen and oxygen atoms in total. The van der Waals surface area contributed by atoms with Gasteiger partial charge in [-0.05, 0) is 43.0 Å². The van der Waals surface area contributed by atoms with Crippen LogP contribution in [0.15, 0.2) is 47.4 Å². The number of pyridine rings is 1. The summed E-state index contributed by atoms with van der Waals surface area (Å²) in [6, 6.07) is 8.13. The molecule has 0 spiro atoms. The first-order valence-corrected chi connectivity index (χ1v) is 9.88. The number of nitrogens with zero attached hydrogens (tertiary/aromatic N) is 3. The summed E-state index contributed by atoms with van der Waals surface area (Å²) in [5, 5.41) is 20.4. The molecular weight excluding hydrogens is 405 g/mol. The Morgan fingerprint density at radius 2 is 1.97 bits per heavy atom. The van der Waals surface area contributed by atoms with Crippen LogP contribution in [0.4, 0.5) is 15.8 Å². The van der Waals surface area contributed by atoms with Gasteiger partial charge >= 0.3 is 5.97 Å². The highest BCUT2D eigenvalue weighted by molar-refractivity contribution is 5.94. The molecule has 2 heterocycles. The van der Waals surface area contributed by atoms with Gasteiger partial charge in [0.2, 0.25) is 5.43 Å². The molecule has 160 valence electrons. The normalized spacial score (nSPS) is 16.5. The Bertz CT molecular complexity index is 1250. The second-order valence-corrected chi connectivity index (χ2v) is 7.83. The van der Waals surface area contributed by atoms with Crippen molar-refractivity contribution in [1.29, 1.82) is 0 Å². The highest BCUT2D eigenvalue weighted by atomic mass is 19.1. The Morgan fingerprint density at radius 3 is 2.58 bits per heavy atom. The number of rotatable bonds is 4. The van der Waals surface area contributed by atoms with Crippen LogP contribution in [0.25, 0.3) is 16.6 Å². The number of hydrogen-bond donors (Lipinski definition) is 1. The number of hydrogen-bond acceptors (Lipinski definition) is 5. The van der Waals surface area contributed by atoms with E-state index in [2.05, 4.69) is 6.92 Å². The van der Waals surface area contributed by atoms with Gasteiger partial charge in [0, 0.05) is 42.5 Å². The Morgan fingerprint density at radius 1 is 1.26 bits per heavy atom. The fourth-order valence-corrected chi connectivity index (χ4v) is 4.09. The van der Waals surface area contributed by atoms with E-state index in [9.17, 15) is 24.8 Å². The monoisotopic (exact) mass is 425 g/mol. The van der Waals surface area contributed by atoms with Crippen LogP contribution in [0.3, 0.4) is 0 Å². The fraction of sp³-hybridized carbons (Fsp3) is 0.273. The number of nitro groups is 1. The second kappa shape index (κ2) is 7.82. The van der Waals surface area contributed by atoms with Gasteiger partial charge in [-0.2, -0.15) is 0 Å². The molecule has 2 aromatic carbocycles. The summed E-state index contributed by atoms with van der Waals surface area (Å²) >= 11 is 0. The zero-order chi connectivity index (χ0) is 22.3. The summed E-state index contributed by atoms with van der Waals surface area (Å²) in [6.45, 7) is 3.45. The molecule has 1 aromatic heterocycles. The van der Waals surface area contributed by atoms with Gasteiger partial charge < -0.3 is 14.6 Å². The van der Waals surface area contributed by atoms with E-state index in [0.717, 1.165) is 18.9 Å². The molecule has 0 aliphatic carbocycles. The van der Waals surface area contributed by atoms with Crippen molar-refractivity contribution in [3.8, 4) is 5.69 Å². The van der Waals surface area contributed by atoms with Crippen molar-refractivity contribution >= 4 is 28.2 Å². The third-order valence-electron chi connectivity index (χ3n) is 5.64. The van der Waals surface area contributed by atoms with Gasteiger partial charge in [0.05, 0.1) is 16.1 Å². The lowest BCUT2D eigenvalue weighted by Gasteiger charge is -2.33. The second-order valence-electron chi connectivity index (χ2n) is 7.83. The van der Waals surface area contributed by atoms with Gasteiger partial charge in [0.25, 0.3) is 5.69 Å². The van der Waals surface area contributed by atoms with E-state index in [0.29, 0.717) is 35.9 Å². The van der Waals surface area contributed by atoms with Crippen molar-refractivity contribution in [2.45, 2.75) is 19.8 Å². The van der Waals surface area contributed by atoms with Crippen LogP contribution >= 0.6 is 0 Å². The minimum absolute atomic E-state index is 0.0652. The van der Waals surface area contributed by atoms with Crippen LogP contribution in [0.2, 0.25) is 0 Å². The maximum atomic E-state index is 15.0. The van der Waals surface area contributed by atoms with Crippen molar-refractivity contribution in [1.82, 2.24) is 4.57 Å². The fourth-order valence-electron chi connectivity index (χ4n) is 4.09. The summed E-state index contributed by atoms with van der Waals surface area (Å²) in [5.41, 5.74) is -0.317. The molecule has 31 heavy (non-hydrogen) atoms. The molecule has 0 radical (unpaired) electrons. The van der Waals surface area contributed by atoms with Crippen LogP contribution in [-0.2, 0) is 0 Å². The number of carboxylic acid groups (broad SMARTS) is 1. The minimum Gasteiger partial charge on any atom is -0.477 e. The van der Waals surface area contributed by atoms with E-state index in [1.54, 1.807) is 6.07 Å². The van der Waals surface area contributed by atoms with E-state index in [1.165, 1.54) is 35.0 Å². The number of fused-ring (bicyclic) bond motifs is 1. The van der Waals surface area contributed by atoms with E-state index in [1.807, 2.05) is 4.90 Å². The summed E-state index contributed by atoms with van der Waals surface area (Å²) in [5.74, 6) is -1.62. The highest BCUT2D eigenvalue weighted by Crippen LogP contribution is 2.30. The number of aromatic carboxylic acids is 1. The maximum Gasteiger partial charge on any atom is 0.341 e. The first-order chi connectivity index (χ1) is 14.8. The quantitative estimate of drug-likeness (QED) is 0.501. The Balaban J connectivity index is 1.97. The number of carboxylic acids is 1. The zero-order valence-corrected chi connectivity index (χ0v) is 16.7. The molecule has 9 heteroatoms. The molecule has 1 saturated heterocycles. The van der Waals surface area contributed by atoms with Crippen LogP contribution in [0, 0.1) is 21.8 Å².